The van der Waals surface area contributed by atoms with Crippen LogP contribution in [0, 0.1) is 0 Å². The van der Waals surface area contributed by atoms with Gasteiger partial charge in [-0.1, -0.05) is 30.2 Å². The van der Waals surface area contributed by atoms with Crippen LogP contribution >= 0.6 is 0 Å². The Kier molecular flexibility index (Phi) is 5.59. The lowest BCUT2D eigenvalue weighted by Crippen LogP contribution is -1.89. The van der Waals surface area contributed by atoms with Crippen molar-refractivity contribution in [1.82, 2.24) is 0 Å². The van der Waals surface area contributed by atoms with Gasteiger partial charge in [0.25, 0.3) is 0 Å². The first kappa shape index (κ1) is 10.5. The normalized spacial score (nSPS) is 26.1. The first-order valence-corrected chi connectivity index (χ1v) is 5.37. The molecule has 0 saturated heterocycles. The molecule has 0 amide bonds. The van der Waals surface area contributed by atoms with Crippen molar-refractivity contribution in [1.29, 1.82) is 0 Å². The highest BCUT2D eigenvalue weighted by molar-refractivity contribution is 5.08. The molecule has 0 bridgehead atoms. The second-order valence-corrected chi connectivity index (χ2v) is 3.65. The molecule has 0 saturated carbocycles. The van der Waals surface area contributed by atoms with Crippen LogP contribution in [0.3, 0.4) is 0 Å². The Morgan fingerprint density at radius 3 is 2.77 bits per heavy atom. The van der Waals surface area contributed by atoms with Gasteiger partial charge in [-0.15, -0.1) is 0 Å². The zero-order valence-electron chi connectivity index (χ0n) is 8.34. The van der Waals surface area contributed by atoms with Gasteiger partial charge in [0.2, 0.25) is 0 Å². The molecule has 0 radical (unpaired) electrons. The second-order valence-electron chi connectivity index (χ2n) is 3.65. The lowest BCUT2D eigenvalue weighted by atomic mass is 10.0. The molecule has 0 atom stereocenters. The summed E-state index contributed by atoms with van der Waals surface area (Å²) in [6, 6.07) is 0. The smallest absolute Gasteiger partial charge is 0.0468 e. The summed E-state index contributed by atoms with van der Waals surface area (Å²) >= 11 is 0. The molecule has 1 nitrogen and oxygen atoms in total. The minimum atomic E-state index is 0.291. The summed E-state index contributed by atoms with van der Waals surface area (Å²) in [5.41, 5.74) is 1.40. The van der Waals surface area contributed by atoms with Crippen molar-refractivity contribution in [2.24, 2.45) is 0 Å². The maximum atomic E-state index is 8.84. The van der Waals surface area contributed by atoms with Gasteiger partial charge in [0.05, 0.1) is 0 Å². The lowest BCUT2D eigenvalue weighted by Gasteiger charge is -2.05. The molecule has 74 valence electrons. The molecule has 1 N–H and O–H groups in total. The molecule has 0 fully saturated rings. The van der Waals surface area contributed by atoms with Crippen LogP contribution in [0.25, 0.3) is 0 Å². The maximum absolute atomic E-state index is 8.84. The third-order valence-corrected chi connectivity index (χ3v) is 2.49. The fraction of sp³-hybridized carbons (Fsp3) is 0.667. The summed E-state index contributed by atoms with van der Waals surface area (Å²) in [6.07, 6.45) is 15.1. The quantitative estimate of drug-likeness (QED) is 0.647. The predicted molar refractivity (Wildman–Crippen MR) is 56.6 cm³/mol. The summed E-state index contributed by atoms with van der Waals surface area (Å²) in [4.78, 5) is 0. The molecule has 0 aromatic carbocycles. The molecule has 1 aliphatic rings. The lowest BCUT2D eigenvalue weighted by molar-refractivity contribution is 0.298. The van der Waals surface area contributed by atoms with Gasteiger partial charge in [0.1, 0.15) is 0 Å². The van der Waals surface area contributed by atoms with Crippen LogP contribution in [0.15, 0.2) is 23.8 Å². The van der Waals surface area contributed by atoms with Crippen molar-refractivity contribution in [2.45, 2.75) is 44.9 Å². The van der Waals surface area contributed by atoms with Crippen LogP contribution in [0.2, 0.25) is 0 Å². The van der Waals surface area contributed by atoms with E-state index < -0.39 is 0 Å². The molecule has 0 heterocycles. The molecule has 1 heteroatoms. The maximum Gasteiger partial charge on any atom is 0.0468 e. The molecule has 1 aliphatic carbocycles. The van der Waals surface area contributed by atoms with E-state index in [0.717, 1.165) is 12.8 Å². The van der Waals surface area contributed by atoms with E-state index in [1.807, 2.05) is 0 Å². The third kappa shape index (κ3) is 4.89. The summed E-state index contributed by atoms with van der Waals surface area (Å²) in [6.45, 7) is 0.291. The first-order valence-electron chi connectivity index (χ1n) is 5.37. The molecule has 0 aliphatic heterocycles. The molecule has 1 rings (SSSR count). The van der Waals surface area contributed by atoms with E-state index in [4.69, 9.17) is 5.11 Å². The Hall–Kier alpha value is -0.560. The first-order chi connectivity index (χ1) is 6.43. The number of rotatable bonds is 2. The molecule has 13 heavy (non-hydrogen) atoms. The van der Waals surface area contributed by atoms with E-state index in [1.165, 1.54) is 37.7 Å². The van der Waals surface area contributed by atoms with Gasteiger partial charge in [-0.3, -0.25) is 0 Å². The fourth-order valence-electron chi connectivity index (χ4n) is 1.67. The highest BCUT2D eigenvalue weighted by Crippen LogP contribution is 2.14. The van der Waals surface area contributed by atoms with E-state index in [2.05, 4.69) is 18.2 Å². The summed E-state index contributed by atoms with van der Waals surface area (Å²) < 4.78 is 0. The molecular weight excluding hydrogens is 160 g/mol. The minimum absolute atomic E-state index is 0.291. The average Bonchev–Trinajstić information content (AvgIpc) is 2.16. The topological polar surface area (TPSA) is 20.2 Å². The van der Waals surface area contributed by atoms with Crippen LogP contribution in [-0.4, -0.2) is 11.7 Å². The SMILES string of the molecule is OCC/C1=C/CCCCC/C=C\C1. The average molecular weight is 180 g/mol. The largest absolute Gasteiger partial charge is 0.396 e. The molecular formula is C12H20O. The number of aliphatic hydroxyl groups is 1. The molecule has 0 aromatic rings. The highest BCUT2D eigenvalue weighted by atomic mass is 16.2. The Balaban J connectivity index is 2.42. The summed E-state index contributed by atoms with van der Waals surface area (Å²) in [5.74, 6) is 0. The summed E-state index contributed by atoms with van der Waals surface area (Å²) in [5, 5.41) is 8.84. The number of aliphatic hydroxyl groups excluding tert-OH is 1. The monoisotopic (exact) mass is 180 g/mol. The van der Waals surface area contributed by atoms with Gasteiger partial charge in [-0.2, -0.15) is 0 Å². The van der Waals surface area contributed by atoms with Gasteiger partial charge >= 0.3 is 0 Å². The van der Waals surface area contributed by atoms with E-state index in [9.17, 15) is 0 Å². The van der Waals surface area contributed by atoms with Gasteiger partial charge in [-0.05, 0) is 38.5 Å². The highest BCUT2D eigenvalue weighted by Gasteiger charge is 1.96. The van der Waals surface area contributed by atoms with Crippen molar-refractivity contribution in [3.63, 3.8) is 0 Å². The Morgan fingerprint density at radius 2 is 1.92 bits per heavy atom. The molecule has 0 unspecified atom stereocenters. The minimum Gasteiger partial charge on any atom is -0.396 e. The zero-order valence-corrected chi connectivity index (χ0v) is 8.34. The molecule has 0 aromatic heterocycles. The van der Waals surface area contributed by atoms with E-state index >= 15 is 0 Å². The van der Waals surface area contributed by atoms with Crippen LogP contribution in [0.1, 0.15) is 44.9 Å². The van der Waals surface area contributed by atoms with Gasteiger partial charge in [0, 0.05) is 6.61 Å². The van der Waals surface area contributed by atoms with Crippen LogP contribution < -0.4 is 0 Å². The molecule has 0 spiro atoms. The Bertz CT molecular complexity index is 180. The Morgan fingerprint density at radius 1 is 1.08 bits per heavy atom. The zero-order chi connectivity index (χ0) is 9.36. The standard InChI is InChI=1S/C12H20O/c13-11-10-12-8-6-4-2-1-3-5-7-9-12/h4,6,9,13H,1-3,5,7-8,10-11H2/b6-4-,12-9+. The van der Waals surface area contributed by atoms with Crippen molar-refractivity contribution in [2.75, 3.05) is 6.61 Å². The van der Waals surface area contributed by atoms with Crippen molar-refractivity contribution >= 4 is 0 Å². The predicted octanol–water partition coefficient (Wildman–Crippen LogP) is 3.21. The van der Waals surface area contributed by atoms with Gasteiger partial charge in [0.15, 0.2) is 0 Å². The fourth-order valence-corrected chi connectivity index (χ4v) is 1.67. The van der Waals surface area contributed by atoms with Crippen molar-refractivity contribution in [3.8, 4) is 0 Å². The number of allylic oxidation sites excluding steroid dienone is 3. The Labute approximate surface area is 81.2 Å². The van der Waals surface area contributed by atoms with Crippen LogP contribution in [-0.2, 0) is 0 Å². The van der Waals surface area contributed by atoms with Crippen molar-refractivity contribution in [3.05, 3.63) is 23.8 Å². The summed E-state index contributed by atoms with van der Waals surface area (Å²) in [7, 11) is 0. The number of hydrogen-bond donors (Lipinski definition) is 1. The van der Waals surface area contributed by atoms with Gasteiger partial charge in [-0.25, -0.2) is 0 Å². The second kappa shape index (κ2) is 6.90. The van der Waals surface area contributed by atoms with Gasteiger partial charge < -0.3 is 5.11 Å². The van der Waals surface area contributed by atoms with E-state index in [1.54, 1.807) is 0 Å². The third-order valence-electron chi connectivity index (χ3n) is 2.49. The van der Waals surface area contributed by atoms with E-state index in [-0.39, 0.29) is 0 Å². The van der Waals surface area contributed by atoms with E-state index in [0.29, 0.717) is 6.61 Å². The van der Waals surface area contributed by atoms with Crippen molar-refractivity contribution < 1.29 is 5.11 Å². The van der Waals surface area contributed by atoms with Crippen LogP contribution in [0.4, 0.5) is 0 Å². The van der Waals surface area contributed by atoms with Crippen LogP contribution in [0.5, 0.6) is 0 Å². The number of hydrogen-bond acceptors (Lipinski definition) is 1.